The Balaban J connectivity index is 1.48. The summed E-state index contributed by atoms with van der Waals surface area (Å²) in [6, 6.07) is 14.2. The number of imide groups is 1. The average Bonchev–Trinajstić information content (AvgIpc) is 3.27. The van der Waals surface area contributed by atoms with Crippen LogP contribution < -0.4 is 15.0 Å². The van der Waals surface area contributed by atoms with Crippen molar-refractivity contribution < 1.29 is 19.1 Å². The van der Waals surface area contributed by atoms with Crippen molar-refractivity contribution in [2.75, 3.05) is 23.9 Å². The normalized spacial score (nSPS) is 19.2. The van der Waals surface area contributed by atoms with E-state index in [9.17, 15) is 14.4 Å². The molecule has 0 radical (unpaired) electrons. The van der Waals surface area contributed by atoms with E-state index in [1.165, 1.54) is 4.90 Å². The average molecular weight is 393 g/mol. The quantitative estimate of drug-likeness (QED) is 0.763. The summed E-state index contributed by atoms with van der Waals surface area (Å²) in [4.78, 5) is 40.2. The van der Waals surface area contributed by atoms with Crippen LogP contribution in [0, 0.1) is 0 Å². The molecule has 2 fully saturated rings. The number of carbonyl (C=O) groups is 3. The third kappa shape index (κ3) is 3.81. The van der Waals surface area contributed by atoms with Gasteiger partial charge in [-0.15, -0.1) is 0 Å². The van der Waals surface area contributed by atoms with Crippen molar-refractivity contribution in [1.29, 1.82) is 0 Å². The van der Waals surface area contributed by atoms with Crippen LogP contribution in [0.1, 0.15) is 24.8 Å². The molecule has 7 nitrogen and oxygen atoms in total. The number of likely N-dealkylation sites (tertiary alicyclic amines) is 1. The van der Waals surface area contributed by atoms with Crippen molar-refractivity contribution in [3.8, 4) is 5.75 Å². The highest BCUT2D eigenvalue weighted by atomic mass is 16.5. The van der Waals surface area contributed by atoms with Gasteiger partial charge in [0.05, 0.1) is 25.8 Å². The second-order valence-electron chi connectivity index (χ2n) is 7.24. The predicted molar refractivity (Wildman–Crippen MR) is 109 cm³/mol. The van der Waals surface area contributed by atoms with Crippen molar-refractivity contribution in [3.63, 3.8) is 0 Å². The van der Waals surface area contributed by atoms with Gasteiger partial charge in [-0.05, 0) is 24.1 Å². The van der Waals surface area contributed by atoms with Crippen LogP contribution >= 0.6 is 0 Å². The zero-order valence-corrected chi connectivity index (χ0v) is 16.3. The Morgan fingerprint density at radius 3 is 2.55 bits per heavy atom. The largest absolute Gasteiger partial charge is 0.494 e. The zero-order chi connectivity index (χ0) is 20.4. The van der Waals surface area contributed by atoms with E-state index in [1.54, 1.807) is 24.1 Å². The summed E-state index contributed by atoms with van der Waals surface area (Å²) in [5.74, 6) is 0.208. The minimum Gasteiger partial charge on any atom is -0.494 e. The van der Waals surface area contributed by atoms with E-state index >= 15 is 0 Å². The zero-order valence-electron chi connectivity index (χ0n) is 16.3. The second-order valence-corrected chi connectivity index (χ2v) is 7.24. The molecule has 3 amide bonds. The molecule has 0 saturated carbocycles. The summed E-state index contributed by atoms with van der Waals surface area (Å²) in [5, 5.41) is 3.15. The molecule has 1 unspecified atom stereocenters. The highest BCUT2D eigenvalue weighted by Crippen LogP contribution is 2.34. The third-order valence-electron chi connectivity index (χ3n) is 5.31. The second kappa shape index (κ2) is 7.95. The van der Waals surface area contributed by atoms with Crippen molar-refractivity contribution in [2.45, 2.75) is 31.8 Å². The summed E-state index contributed by atoms with van der Waals surface area (Å²) in [6.45, 7) is 0.946. The SMILES string of the molecule is COc1cc(NC2CC(=O)N(Cc3ccccc3)C2=O)ccc1N1CCCC1=O. The monoisotopic (exact) mass is 393 g/mol. The lowest BCUT2D eigenvalue weighted by Crippen LogP contribution is -2.34. The predicted octanol–water partition coefficient (Wildman–Crippen LogP) is 2.56. The maximum absolute atomic E-state index is 12.8. The van der Waals surface area contributed by atoms with Crippen LogP contribution in [0.5, 0.6) is 5.75 Å². The number of methoxy groups -OCH3 is 1. The van der Waals surface area contributed by atoms with Gasteiger partial charge in [-0.1, -0.05) is 30.3 Å². The fourth-order valence-electron chi connectivity index (χ4n) is 3.82. The molecule has 2 aromatic carbocycles. The maximum Gasteiger partial charge on any atom is 0.252 e. The van der Waals surface area contributed by atoms with Gasteiger partial charge in [-0.25, -0.2) is 0 Å². The van der Waals surface area contributed by atoms with E-state index < -0.39 is 6.04 Å². The fraction of sp³-hybridized carbons (Fsp3) is 0.318. The van der Waals surface area contributed by atoms with Gasteiger partial charge in [0.25, 0.3) is 5.91 Å². The van der Waals surface area contributed by atoms with Gasteiger partial charge >= 0.3 is 0 Å². The topological polar surface area (TPSA) is 79.0 Å². The summed E-state index contributed by atoms with van der Waals surface area (Å²) in [6.07, 6.45) is 1.48. The number of nitrogens with zero attached hydrogens (tertiary/aromatic N) is 2. The molecule has 2 aliphatic rings. The first-order valence-electron chi connectivity index (χ1n) is 9.70. The number of hydrogen-bond acceptors (Lipinski definition) is 5. The van der Waals surface area contributed by atoms with E-state index in [0.717, 1.165) is 17.7 Å². The molecule has 7 heteroatoms. The highest BCUT2D eigenvalue weighted by molar-refractivity contribution is 6.06. The third-order valence-corrected chi connectivity index (χ3v) is 5.31. The lowest BCUT2D eigenvalue weighted by molar-refractivity contribution is -0.139. The van der Waals surface area contributed by atoms with Crippen molar-refractivity contribution in [2.24, 2.45) is 0 Å². The molecule has 0 bridgehead atoms. The fourth-order valence-corrected chi connectivity index (χ4v) is 3.82. The first-order chi connectivity index (χ1) is 14.1. The van der Waals surface area contributed by atoms with E-state index in [2.05, 4.69) is 5.32 Å². The number of anilines is 2. The van der Waals surface area contributed by atoms with Crippen molar-refractivity contribution in [1.82, 2.24) is 4.90 Å². The lowest BCUT2D eigenvalue weighted by atomic mass is 10.2. The van der Waals surface area contributed by atoms with E-state index in [0.29, 0.717) is 24.4 Å². The summed E-state index contributed by atoms with van der Waals surface area (Å²) in [7, 11) is 1.55. The van der Waals surface area contributed by atoms with E-state index in [1.807, 2.05) is 36.4 Å². The molecule has 4 rings (SSSR count). The van der Waals surface area contributed by atoms with Crippen LogP contribution in [0.25, 0.3) is 0 Å². The van der Waals surface area contributed by atoms with E-state index in [4.69, 9.17) is 4.74 Å². The van der Waals surface area contributed by atoms with Crippen molar-refractivity contribution >= 4 is 29.1 Å². The minimum absolute atomic E-state index is 0.0807. The molecule has 2 saturated heterocycles. The number of amides is 3. The Kier molecular flexibility index (Phi) is 5.20. The van der Waals surface area contributed by atoms with Gasteiger partial charge in [0.15, 0.2) is 0 Å². The Hall–Kier alpha value is -3.35. The Labute approximate surface area is 169 Å². The van der Waals surface area contributed by atoms with Crippen LogP contribution in [0.3, 0.4) is 0 Å². The minimum atomic E-state index is -0.616. The molecule has 29 heavy (non-hydrogen) atoms. The Morgan fingerprint density at radius 1 is 1.07 bits per heavy atom. The lowest BCUT2D eigenvalue weighted by Gasteiger charge is -2.21. The molecule has 1 atom stereocenters. The number of hydrogen-bond donors (Lipinski definition) is 1. The molecule has 0 aromatic heterocycles. The molecule has 2 heterocycles. The Morgan fingerprint density at radius 2 is 1.86 bits per heavy atom. The molecule has 2 aliphatic heterocycles. The van der Waals surface area contributed by atoms with Gasteiger partial charge in [0, 0.05) is 24.7 Å². The Bertz CT molecular complexity index is 944. The molecule has 1 N–H and O–H groups in total. The van der Waals surface area contributed by atoms with Gasteiger partial charge in [-0.2, -0.15) is 0 Å². The smallest absolute Gasteiger partial charge is 0.252 e. The van der Waals surface area contributed by atoms with Crippen LogP contribution in [0.2, 0.25) is 0 Å². The van der Waals surface area contributed by atoms with Gasteiger partial charge in [0.2, 0.25) is 11.8 Å². The van der Waals surface area contributed by atoms with Crippen LogP contribution in [-0.4, -0.2) is 42.3 Å². The molecular weight excluding hydrogens is 370 g/mol. The van der Waals surface area contributed by atoms with Crippen LogP contribution in [-0.2, 0) is 20.9 Å². The maximum atomic E-state index is 12.8. The standard InChI is InChI=1S/C22H23N3O4/c1-29-19-12-16(9-10-18(19)24-11-5-8-20(24)26)23-17-13-21(27)25(22(17)28)14-15-6-3-2-4-7-15/h2-4,6-7,9-10,12,17,23H,5,8,11,13-14H2,1H3. The molecule has 0 aliphatic carbocycles. The number of benzene rings is 2. The van der Waals surface area contributed by atoms with Gasteiger partial charge < -0.3 is 15.0 Å². The molecule has 2 aromatic rings. The summed E-state index contributed by atoms with van der Waals surface area (Å²) in [5.41, 5.74) is 2.31. The van der Waals surface area contributed by atoms with Gasteiger partial charge in [-0.3, -0.25) is 19.3 Å². The van der Waals surface area contributed by atoms with E-state index in [-0.39, 0.29) is 30.7 Å². The number of nitrogens with one attached hydrogen (secondary N) is 1. The number of carbonyl (C=O) groups excluding carboxylic acids is 3. The van der Waals surface area contributed by atoms with Gasteiger partial charge in [0.1, 0.15) is 11.8 Å². The van der Waals surface area contributed by atoms with Crippen LogP contribution in [0.4, 0.5) is 11.4 Å². The molecular formula is C22H23N3O4. The number of ether oxygens (including phenoxy) is 1. The summed E-state index contributed by atoms with van der Waals surface area (Å²) >= 11 is 0. The number of rotatable bonds is 6. The highest BCUT2D eigenvalue weighted by Gasteiger charge is 2.38. The molecule has 150 valence electrons. The first-order valence-corrected chi connectivity index (χ1v) is 9.70. The summed E-state index contributed by atoms with van der Waals surface area (Å²) < 4.78 is 5.46. The van der Waals surface area contributed by atoms with Crippen molar-refractivity contribution in [3.05, 3.63) is 54.1 Å². The first kappa shape index (κ1) is 19.0. The molecule has 0 spiro atoms. The van der Waals surface area contributed by atoms with Crippen LogP contribution in [0.15, 0.2) is 48.5 Å².